The third-order valence-electron chi connectivity index (χ3n) is 3.29. The van der Waals surface area contributed by atoms with E-state index in [9.17, 15) is 13.2 Å². The molecule has 0 saturated heterocycles. The van der Waals surface area contributed by atoms with E-state index in [-0.39, 0.29) is 29.2 Å². The quantitative estimate of drug-likeness (QED) is 0.863. The van der Waals surface area contributed by atoms with Gasteiger partial charge in [-0.05, 0) is 30.5 Å². The van der Waals surface area contributed by atoms with E-state index in [1.165, 1.54) is 12.1 Å². The molecular weight excluding hydrogens is 276 g/mol. The Hall–Kier alpha value is -1.40. The lowest BCUT2D eigenvalue weighted by molar-refractivity contribution is -0.120. The van der Waals surface area contributed by atoms with Crippen LogP contribution in [-0.4, -0.2) is 27.1 Å². The van der Waals surface area contributed by atoms with Crippen LogP contribution < -0.4 is 11.1 Å². The zero-order valence-electron chi connectivity index (χ0n) is 12.3. The van der Waals surface area contributed by atoms with E-state index in [2.05, 4.69) is 5.32 Å². The van der Waals surface area contributed by atoms with E-state index in [1.807, 2.05) is 20.8 Å². The molecule has 1 unspecified atom stereocenters. The summed E-state index contributed by atoms with van der Waals surface area (Å²) in [6.07, 6.45) is 1.14. The lowest BCUT2D eigenvalue weighted by Crippen LogP contribution is -2.33. The number of hydrogen-bond acceptors (Lipinski definition) is 4. The lowest BCUT2D eigenvalue weighted by atomic mass is 9.95. The second-order valence-electron chi connectivity index (χ2n) is 5.32. The number of carbonyl (C=O) groups is 1. The van der Waals surface area contributed by atoms with Crippen molar-refractivity contribution in [2.45, 2.75) is 25.7 Å². The first-order valence-electron chi connectivity index (χ1n) is 6.48. The summed E-state index contributed by atoms with van der Waals surface area (Å²) in [7, 11) is -3.30. The minimum absolute atomic E-state index is 0.124. The lowest BCUT2D eigenvalue weighted by Gasteiger charge is -2.19. The third-order valence-corrected chi connectivity index (χ3v) is 4.40. The van der Waals surface area contributed by atoms with Crippen molar-refractivity contribution in [2.75, 3.05) is 18.1 Å². The predicted molar refractivity (Wildman–Crippen MR) is 80.3 cm³/mol. The van der Waals surface area contributed by atoms with Crippen LogP contribution in [0.4, 0.5) is 5.69 Å². The molecule has 0 spiro atoms. The molecule has 0 aliphatic carbocycles. The fraction of sp³-hybridized carbons (Fsp3) is 0.500. The second kappa shape index (κ2) is 6.37. The molecule has 1 aromatic rings. The average molecular weight is 298 g/mol. The van der Waals surface area contributed by atoms with Gasteiger partial charge < -0.3 is 11.1 Å². The van der Waals surface area contributed by atoms with Gasteiger partial charge in [-0.15, -0.1) is 0 Å². The van der Waals surface area contributed by atoms with E-state index in [1.54, 1.807) is 6.07 Å². The van der Waals surface area contributed by atoms with Gasteiger partial charge in [0, 0.05) is 18.5 Å². The Morgan fingerprint density at radius 1 is 1.35 bits per heavy atom. The van der Waals surface area contributed by atoms with Gasteiger partial charge in [0.15, 0.2) is 9.84 Å². The van der Waals surface area contributed by atoms with Gasteiger partial charge in [-0.1, -0.05) is 19.9 Å². The number of aryl methyl sites for hydroxylation is 1. The molecule has 0 aliphatic heterocycles. The molecule has 1 amide bonds. The van der Waals surface area contributed by atoms with E-state index >= 15 is 0 Å². The molecule has 1 rings (SSSR count). The smallest absolute Gasteiger partial charge is 0.229 e. The number of carbonyl (C=O) groups excluding carboxylic acids is 1. The van der Waals surface area contributed by atoms with Crippen molar-refractivity contribution < 1.29 is 13.2 Å². The Balaban J connectivity index is 3.06. The molecule has 5 nitrogen and oxygen atoms in total. The topological polar surface area (TPSA) is 89.3 Å². The standard InChI is InChI=1S/C14H22N2O3S/c1-9(2)12(8-15)14(17)16-13-7-11(20(4,18)19)6-5-10(13)3/h5-7,9,12H,8,15H2,1-4H3,(H,16,17). The van der Waals surface area contributed by atoms with E-state index in [0.29, 0.717) is 5.69 Å². The molecular formula is C14H22N2O3S. The zero-order valence-corrected chi connectivity index (χ0v) is 13.1. The average Bonchev–Trinajstić information content (AvgIpc) is 2.30. The minimum atomic E-state index is -3.30. The zero-order chi connectivity index (χ0) is 15.5. The van der Waals surface area contributed by atoms with Crippen LogP contribution in [0.5, 0.6) is 0 Å². The van der Waals surface area contributed by atoms with Crippen LogP contribution in [0, 0.1) is 18.8 Å². The molecule has 0 heterocycles. The van der Waals surface area contributed by atoms with Crippen LogP contribution in [0.15, 0.2) is 23.1 Å². The molecule has 20 heavy (non-hydrogen) atoms. The van der Waals surface area contributed by atoms with Crippen molar-refractivity contribution in [3.8, 4) is 0 Å². The van der Waals surface area contributed by atoms with Crippen LogP contribution in [0.2, 0.25) is 0 Å². The molecule has 1 aromatic carbocycles. The highest BCUT2D eigenvalue weighted by molar-refractivity contribution is 7.90. The Kier molecular flexibility index (Phi) is 5.30. The SMILES string of the molecule is Cc1ccc(S(C)(=O)=O)cc1NC(=O)C(CN)C(C)C. The highest BCUT2D eigenvalue weighted by Gasteiger charge is 2.21. The van der Waals surface area contributed by atoms with Gasteiger partial charge in [0.2, 0.25) is 5.91 Å². The summed E-state index contributed by atoms with van der Waals surface area (Å²) in [4.78, 5) is 12.3. The number of rotatable bonds is 5. The summed E-state index contributed by atoms with van der Waals surface area (Å²) < 4.78 is 23.1. The third kappa shape index (κ3) is 4.05. The maximum Gasteiger partial charge on any atom is 0.229 e. The maximum atomic E-state index is 12.2. The van der Waals surface area contributed by atoms with E-state index in [0.717, 1.165) is 11.8 Å². The van der Waals surface area contributed by atoms with Gasteiger partial charge in [0.05, 0.1) is 10.8 Å². The molecule has 0 bridgehead atoms. The number of anilines is 1. The summed E-state index contributed by atoms with van der Waals surface area (Å²) in [6.45, 7) is 5.93. The second-order valence-corrected chi connectivity index (χ2v) is 7.34. The van der Waals surface area contributed by atoms with Crippen molar-refractivity contribution >= 4 is 21.4 Å². The fourth-order valence-corrected chi connectivity index (χ4v) is 2.52. The highest BCUT2D eigenvalue weighted by Crippen LogP contribution is 2.21. The largest absolute Gasteiger partial charge is 0.330 e. The fourth-order valence-electron chi connectivity index (χ4n) is 1.87. The highest BCUT2D eigenvalue weighted by atomic mass is 32.2. The van der Waals surface area contributed by atoms with Gasteiger partial charge >= 0.3 is 0 Å². The van der Waals surface area contributed by atoms with Crippen molar-refractivity contribution in [2.24, 2.45) is 17.6 Å². The Bertz CT molecular complexity index is 594. The molecule has 112 valence electrons. The number of hydrogen-bond donors (Lipinski definition) is 2. The molecule has 3 N–H and O–H groups in total. The molecule has 0 aliphatic rings. The van der Waals surface area contributed by atoms with Crippen molar-refractivity contribution in [1.82, 2.24) is 0 Å². The summed E-state index contributed by atoms with van der Waals surface area (Å²) in [5, 5.41) is 2.77. The van der Waals surface area contributed by atoms with Gasteiger partial charge in [0.1, 0.15) is 0 Å². The van der Waals surface area contributed by atoms with Gasteiger partial charge in [-0.3, -0.25) is 4.79 Å². The Morgan fingerprint density at radius 3 is 2.40 bits per heavy atom. The first-order chi connectivity index (χ1) is 9.16. The molecule has 0 radical (unpaired) electrons. The number of nitrogens with one attached hydrogen (secondary N) is 1. The van der Waals surface area contributed by atoms with Crippen LogP contribution >= 0.6 is 0 Å². The summed E-state index contributed by atoms with van der Waals surface area (Å²) in [5.74, 6) is -0.356. The van der Waals surface area contributed by atoms with Crippen LogP contribution in [0.1, 0.15) is 19.4 Å². The number of nitrogens with two attached hydrogens (primary N) is 1. The monoisotopic (exact) mass is 298 g/mol. The molecule has 0 saturated carbocycles. The number of benzene rings is 1. The first kappa shape index (κ1) is 16.7. The van der Waals surface area contributed by atoms with Crippen LogP contribution in [-0.2, 0) is 14.6 Å². The Morgan fingerprint density at radius 2 is 1.95 bits per heavy atom. The normalized spacial score (nSPS) is 13.3. The van der Waals surface area contributed by atoms with E-state index < -0.39 is 9.84 Å². The summed E-state index contributed by atoms with van der Waals surface area (Å²) in [5.41, 5.74) is 6.93. The van der Waals surface area contributed by atoms with Gasteiger partial charge in [-0.25, -0.2) is 8.42 Å². The first-order valence-corrected chi connectivity index (χ1v) is 8.37. The minimum Gasteiger partial charge on any atom is -0.330 e. The molecule has 0 fully saturated rings. The molecule has 0 aromatic heterocycles. The van der Waals surface area contributed by atoms with Gasteiger partial charge in [0.25, 0.3) is 0 Å². The molecule has 1 atom stereocenters. The van der Waals surface area contributed by atoms with Crippen molar-refractivity contribution in [1.29, 1.82) is 0 Å². The predicted octanol–water partition coefficient (Wildman–Crippen LogP) is 1.57. The van der Waals surface area contributed by atoms with E-state index in [4.69, 9.17) is 5.73 Å². The number of amides is 1. The van der Waals surface area contributed by atoms with Crippen LogP contribution in [0.25, 0.3) is 0 Å². The number of sulfone groups is 1. The molecule has 6 heteroatoms. The van der Waals surface area contributed by atoms with Gasteiger partial charge in [-0.2, -0.15) is 0 Å². The van der Waals surface area contributed by atoms with Crippen molar-refractivity contribution in [3.05, 3.63) is 23.8 Å². The summed E-state index contributed by atoms with van der Waals surface area (Å²) >= 11 is 0. The maximum absolute atomic E-state index is 12.2. The Labute approximate surface area is 120 Å². The van der Waals surface area contributed by atoms with Crippen molar-refractivity contribution in [3.63, 3.8) is 0 Å². The van der Waals surface area contributed by atoms with Crippen LogP contribution in [0.3, 0.4) is 0 Å². The summed E-state index contributed by atoms with van der Waals surface area (Å²) in [6, 6.07) is 4.69.